The summed E-state index contributed by atoms with van der Waals surface area (Å²) in [5.41, 5.74) is 0. The van der Waals surface area contributed by atoms with Crippen LogP contribution >= 0.6 is 0 Å². The van der Waals surface area contributed by atoms with Crippen molar-refractivity contribution in [1.29, 1.82) is 0 Å². The molecule has 0 bridgehead atoms. The summed E-state index contributed by atoms with van der Waals surface area (Å²) in [5.74, 6) is -0.182. The van der Waals surface area contributed by atoms with Gasteiger partial charge >= 0.3 is 5.97 Å². The number of nitrogens with zero attached hydrogens (tertiary/aromatic N) is 1. The molecule has 3 unspecified atom stereocenters. The van der Waals surface area contributed by atoms with E-state index in [1.165, 1.54) is 0 Å². The topological polar surface area (TPSA) is 40.5 Å². The standard InChI is InChI=1S/C11H23NO2/c1-6-8(3)9(4)12(5)10(7-2)11(13)14/h8-10H,6-7H2,1-5H3,(H,13,14). The molecule has 0 saturated carbocycles. The molecule has 3 atom stereocenters. The number of carboxylic acids is 1. The number of hydrogen-bond donors (Lipinski definition) is 1. The molecule has 3 heteroatoms. The average Bonchev–Trinajstić information content (AvgIpc) is 2.15. The summed E-state index contributed by atoms with van der Waals surface area (Å²) in [7, 11) is 1.90. The van der Waals surface area contributed by atoms with Crippen LogP contribution in [0.15, 0.2) is 0 Å². The van der Waals surface area contributed by atoms with Crippen LogP contribution in [0.3, 0.4) is 0 Å². The van der Waals surface area contributed by atoms with Crippen molar-refractivity contribution < 1.29 is 9.90 Å². The predicted octanol–water partition coefficient (Wildman–Crippen LogP) is 2.22. The lowest BCUT2D eigenvalue weighted by atomic mass is 9.98. The fourth-order valence-corrected chi connectivity index (χ4v) is 1.66. The third-order valence-electron chi connectivity index (χ3n) is 3.27. The maximum Gasteiger partial charge on any atom is 0.320 e. The Kier molecular flexibility index (Phi) is 5.77. The smallest absolute Gasteiger partial charge is 0.320 e. The van der Waals surface area contributed by atoms with E-state index in [4.69, 9.17) is 5.11 Å². The van der Waals surface area contributed by atoms with Crippen LogP contribution in [0.2, 0.25) is 0 Å². The van der Waals surface area contributed by atoms with Crippen molar-refractivity contribution in [3.63, 3.8) is 0 Å². The number of aliphatic carboxylic acids is 1. The van der Waals surface area contributed by atoms with Gasteiger partial charge in [0.25, 0.3) is 0 Å². The lowest BCUT2D eigenvalue weighted by Gasteiger charge is -2.33. The number of carboxylic acid groups (broad SMARTS) is 1. The van der Waals surface area contributed by atoms with E-state index >= 15 is 0 Å². The highest BCUT2D eigenvalue weighted by Crippen LogP contribution is 2.16. The van der Waals surface area contributed by atoms with E-state index in [-0.39, 0.29) is 6.04 Å². The van der Waals surface area contributed by atoms with E-state index in [9.17, 15) is 4.79 Å². The van der Waals surface area contributed by atoms with Gasteiger partial charge in [0.2, 0.25) is 0 Å². The average molecular weight is 201 g/mol. The van der Waals surface area contributed by atoms with E-state index in [1.807, 2.05) is 18.9 Å². The molecule has 0 fully saturated rings. The van der Waals surface area contributed by atoms with Crippen molar-refractivity contribution in [2.45, 2.75) is 52.6 Å². The zero-order valence-electron chi connectivity index (χ0n) is 9.95. The van der Waals surface area contributed by atoms with Crippen LogP contribution in [0, 0.1) is 5.92 Å². The maximum atomic E-state index is 10.9. The number of rotatable bonds is 6. The van der Waals surface area contributed by atoms with Crippen molar-refractivity contribution in [2.75, 3.05) is 7.05 Å². The monoisotopic (exact) mass is 201 g/mol. The molecule has 0 aliphatic rings. The van der Waals surface area contributed by atoms with Gasteiger partial charge in [-0.25, -0.2) is 0 Å². The van der Waals surface area contributed by atoms with Crippen molar-refractivity contribution in [1.82, 2.24) is 4.90 Å². The van der Waals surface area contributed by atoms with E-state index in [2.05, 4.69) is 20.8 Å². The Morgan fingerprint density at radius 2 is 1.79 bits per heavy atom. The fraction of sp³-hybridized carbons (Fsp3) is 0.909. The van der Waals surface area contributed by atoms with Crippen LogP contribution in [0.5, 0.6) is 0 Å². The second kappa shape index (κ2) is 6.02. The van der Waals surface area contributed by atoms with Crippen molar-refractivity contribution in [3.8, 4) is 0 Å². The summed E-state index contributed by atoms with van der Waals surface area (Å²) in [5, 5.41) is 9.01. The van der Waals surface area contributed by atoms with Crippen molar-refractivity contribution >= 4 is 5.97 Å². The van der Waals surface area contributed by atoms with Gasteiger partial charge in [-0.05, 0) is 26.3 Å². The molecule has 1 N–H and O–H groups in total. The molecule has 0 aliphatic carbocycles. The molecule has 0 amide bonds. The molecule has 0 aromatic carbocycles. The zero-order valence-corrected chi connectivity index (χ0v) is 9.95. The molecule has 0 aromatic heterocycles. The van der Waals surface area contributed by atoms with Crippen LogP contribution in [0.1, 0.15) is 40.5 Å². The van der Waals surface area contributed by atoms with Crippen LogP contribution in [0.4, 0.5) is 0 Å². The van der Waals surface area contributed by atoms with Gasteiger partial charge in [-0.15, -0.1) is 0 Å². The first-order valence-electron chi connectivity index (χ1n) is 5.40. The highest BCUT2D eigenvalue weighted by molar-refractivity contribution is 5.73. The van der Waals surface area contributed by atoms with Gasteiger partial charge in [0, 0.05) is 6.04 Å². The van der Waals surface area contributed by atoms with E-state index in [1.54, 1.807) is 0 Å². The molecule has 0 aromatic rings. The Labute approximate surface area is 87.1 Å². The molecule has 0 saturated heterocycles. The van der Waals surface area contributed by atoms with Gasteiger partial charge in [-0.1, -0.05) is 27.2 Å². The minimum atomic E-state index is -0.717. The van der Waals surface area contributed by atoms with Crippen LogP contribution in [0.25, 0.3) is 0 Å². The number of hydrogen-bond acceptors (Lipinski definition) is 2. The molecule has 0 rings (SSSR count). The summed E-state index contributed by atoms with van der Waals surface area (Å²) in [6.45, 7) is 8.31. The molecule has 3 nitrogen and oxygen atoms in total. The van der Waals surface area contributed by atoms with E-state index in [0.29, 0.717) is 18.4 Å². The fourth-order valence-electron chi connectivity index (χ4n) is 1.66. The highest BCUT2D eigenvalue weighted by Gasteiger charge is 2.26. The minimum Gasteiger partial charge on any atom is -0.480 e. The van der Waals surface area contributed by atoms with Crippen LogP contribution in [-0.4, -0.2) is 35.1 Å². The van der Waals surface area contributed by atoms with E-state index < -0.39 is 5.97 Å². The first kappa shape index (κ1) is 13.4. The molecule has 0 radical (unpaired) electrons. The third-order valence-corrected chi connectivity index (χ3v) is 3.27. The highest BCUT2D eigenvalue weighted by atomic mass is 16.4. The lowest BCUT2D eigenvalue weighted by molar-refractivity contribution is -0.144. The first-order valence-corrected chi connectivity index (χ1v) is 5.40. The summed E-state index contributed by atoms with van der Waals surface area (Å²) >= 11 is 0. The number of likely N-dealkylation sites (N-methyl/N-ethyl adjacent to an activating group) is 1. The lowest BCUT2D eigenvalue weighted by Crippen LogP contribution is -2.45. The Hall–Kier alpha value is -0.570. The van der Waals surface area contributed by atoms with Gasteiger partial charge in [0.05, 0.1) is 0 Å². The van der Waals surface area contributed by atoms with Gasteiger partial charge in [-0.3, -0.25) is 9.69 Å². The van der Waals surface area contributed by atoms with E-state index in [0.717, 1.165) is 6.42 Å². The summed E-state index contributed by atoms with van der Waals surface area (Å²) in [6.07, 6.45) is 1.74. The molecular formula is C11H23NO2. The largest absolute Gasteiger partial charge is 0.480 e. The minimum absolute atomic E-state index is 0.320. The van der Waals surface area contributed by atoms with Crippen molar-refractivity contribution in [2.24, 2.45) is 5.92 Å². The number of carbonyl (C=O) groups is 1. The predicted molar refractivity (Wildman–Crippen MR) is 58.4 cm³/mol. The van der Waals surface area contributed by atoms with Crippen molar-refractivity contribution in [3.05, 3.63) is 0 Å². The molecule has 0 heterocycles. The SMILES string of the molecule is CCC(C)C(C)N(C)C(CC)C(=O)O. The Bertz CT molecular complexity index is 182. The normalized spacial score (nSPS) is 17.9. The first-order chi connectivity index (χ1) is 6.45. The summed E-state index contributed by atoms with van der Waals surface area (Å²) < 4.78 is 0. The second-order valence-electron chi connectivity index (χ2n) is 4.05. The van der Waals surface area contributed by atoms with Crippen LogP contribution in [-0.2, 0) is 4.79 Å². The van der Waals surface area contributed by atoms with Gasteiger partial charge < -0.3 is 5.11 Å². The maximum absolute atomic E-state index is 10.9. The summed E-state index contributed by atoms with van der Waals surface area (Å²) in [6, 6.07) is -0.0277. The van der Waals surface area contributed by atoms with Gasteiger partial charge in [0.15, 0.2) is 0 Å². The van der Waals surface area contributed by atoms with Gasteiger partial charge in [-0.2, -0.15) is 0 Å². The summed E-state index contributed by atoms with van der Waals surface area (Å²) in [4.78, 5) is 12.9. The Morgan fingerprint density at radius 1 is 1.29 bits per heavy atom. The molecule has 84 valence electrons. The Morgan fingerprint density at radius 3 is 2.07 bits per heavy atom. The van der Waals surface area contributed by atoms with Gasteiger partial charge in [0.1, 0.15) is 6.04 Å². The third kappa shape index (κ3) is 3.29. The molecule has 0 spiro atoms. The zero-order chi connectivity index (χ0) is 11.3. The molecule has 0 aliphatic heterocycles. The van der Waals surface area contributed by atoms with Crippen LogP contribution < -0.4 is 0 Å². The Balaban J connectivity index is 4.41. The second-order valence-corrected chi connectivity index (χ2v) is 4.05. The molecular weight excluding hydrogens is 178 g/mol. The molecule has 14 heavy (non-hydrogen) atoms. The quantitative estimate of drug-likeness (QED) is 0.716.